The Balaban J connectivity index is 2.98. The first-order chi connectivity index (χ1) is 4.77. The summed E-state index contributed by atoms with van der Waals surface area (Å²) in [6.07, 6.45) is 2.39. The number of hydrogen-bond acceptors (Lipinski definition) is 2. The smallest absolute Gasteiger partial charge is 0.211 e. The van der Waals surface area contributed by atoms with Crippen molar-refractivity contribution in [2.75, 3.05) is 6.54 Å². The van der Waals surface area contributed by atoms with E-state index in [1.807, 2.05) is 0 Å². The van der Waals surface area contributed by atoms with Gasteiger partial charge in [0.25, 0.3) is 0 Å². The highest BCUT2D eigenvalue weighted by atomic mass is 35.5. The van der Waals surface area contributed by atoms with Crippen molar-refractivity contribution in [3.05, 3.63) is 0 Å². The van der Waals surface area contributed by atoms with E-state index in [4.69, 9.17) is 23.2 Å². The fourth-order valence-corrected chi connectivity index (χ4v) is 2.28. The van der Waals surface area contributed by atoms with Crippen LogP contribution in [0, 0.1) is 0 Å². The zero-order valence-corrected chi connectivity index (χ0v) is 8.44. The third kappa shape index (κ3) is 8.18. The van der Waals surface area contributed by atoms with E-state index in [2.05, 4.69) is 4.99 Å². The summed E-state index contributed by atoms with van der Waals surface area (Å²) in [5, 5.41) is 0. The summed E-state index contributed by atoms with van der Waals surface area (Å²) in [5.41, 5.74) is 0. The van der Waals surface area contributed by atoms with Gasteiger partial charge < -0.3 is 0 Å². The molecule has 0 bridgehead atoms. The van der Waals surface area contributed by atoms with Crippen LogP contribution in [0.1, 0.15) is 6.42 Å². The number of isocyanates is 1. The molecule has 0 aromatic heterocycles. The van der Waals surface area contributed by atoms with Gasteiger partial charge in [0, 0.05) is 0 Å². The minimum Gasteiger partial charge on any atom is -0.211 e. The molecular weight excluding hydrogens is 189 g/mol. The SMILES string of the molecule is O=C=NCCC[SiH2]C(Cl)Cl. The predicted octanol–water partition coefficient (Wildman–Crippen LogP) is 1.06. The highest BCUT2D eigenvalue weighted by Crippen LogP contribution is 2.02. The minimum absolute atomic E-state index is 0.153. The Kier molecular flexibility index (Phi) is 7.41. The average molecular weight is 198 g/mol. The largest absolute Gasteiger partial charge is 0.234 e. The molecule has 0 heterocycles. The van der Waals surface area contributed by atoms with Gasteiger partial charge in [-0.15, -0.1) is 23.2 Å². The van der Waals surface area contributed by atoms with Gasteiger partial charge in [0.05, 0.1) is 20.5 Å². The van der Waals surface area contributed by atoms with Gasteiger partial charge >= 0.3 is 0 Å². The van der Waals surface area contributed by atoms with E-state index < -0.39 is 0 Å². The van der Waals surface area contributed by atoms with Crippen molar-refractivity contribution < 1.29 is 4.79 Å². The Morgan fingerprint density at radius 3 is 2.80 bits per heavy atom. The molecule has 0 aliphatic carbocycles. The lowest BCUT2D eigenvalue weighted by Crippen LogP contribution is -2.00. The molecule has 0 saturated carbocycles. The van der Waals surface area contributed by atoms with Gasteiger partial charge in [-0.25, -0.2) is 9.79 Å². The zero-order chi connectivity index (χ0) is 7.82. The Morgan fingerprint density at radius 2 is 2.30 bits per heavy atom. The normalized spacial score (nSPS) is 10.7. The number of halogens is 2. The number of hydrogen-bond donors (Lipinski definition) is 0. The second-order valence-corrected chi connectivity index (χ2v) is 6.27. The lowest BCUT2D eigenvalue weighted by molar-refractivity contribution is 0.562. The third-order valence-electron chi connectivity index (χ3n) is 1.01. The van der Waals surface area contributed by atoms with Crippen molar-refractivity contribution in [3.8, 4) is 0 Å². The Bertz CT molecular complexity index is 125. The van der Waals surface area contributed by atoms with Crippen LogP contribution in [-0.2, 0) is 4.79 Å². The van der Waals surface area contributed by atoms with Crippen LogP contribution < -0.4 is 0 Å². The lowest BCUT2D eigenvalue weighted by atomic mass is 10.5. The highest BCUT2D eigenvalue weighted by molar-refractivity contribution is 6.68. The summed E-state index contributed by atoms with van der Waals surface area (Å²) in [4.78, 5) is 13.0. The average Bonchev–Trinajstić information content (AvgIpc) is 1.87. The Hall–Kier alpha value is 0.177. The van der Waals surface area contributed by atoms with Crippen LogP contribution in [0.25, 0.3) is 0 Å². The molecule has 0 aliphatic heterocycles. The molecule has 0 aliphatic rings. The molecule has 0 amide bonds. The van der Waals surface area contributed by atoms with Gasteiger partial charge in [-0.05, 0) is 6.42 Å². The number of nitrogens with zero attached hydrogens (tertiary/aromatic N) is 1. The van der Waals surface area contributed by atoms with E-state index in [1.165, 1.54) is 6.08 Å². The molecule has 0 radical (unpaired) electrons. The highest BCUT2D eigenvalue weighted by Gasteiger charge is 1.97. The van der Waals surface area contributed by atoms with Crippen molar-refractivity contribution in [2.45, 2.75) is 16.9 Å². The summed E-state index contributed by atoms with van der Waals surface area (Å²) in [7, 11) is -0.341. The summed E-state index contributed by atoms with van der Waals surface area (Å²) in [6.45, 7) is 0.566. The van der Waals surface area contributed by atoms with Gasteiger partial charge in [-0.1, -0.05) is 6.04 Å². The topological polar surface area (TPSA) is 29.4 Å². The molecule has 0 unspecified atom stereocenters. The first-order valence-corrected chi connectivity index (χ1v) is 5.78. The maximum atomic E-state index is 9.57. The molecule has 0 fully saturated rings. The number of carbonyl (C=O) groups excluding carboxylic acids is 1. The summed E-state index contributed by atoms with van der Waals surface area (Å²) < 4.78 is -0.153. The molecule has 58 valence electrons. The molecule has 5 heteroatoms. The second-order valence-electron chi connectivity index (χ2n) is 1.86. The lowest BCUT2D eigenvalue weighted by Gasteiger charge is -1.95. The standard InChI is InChI=1S/C5H9Cl2NOSi/c6-5(7)10-3-1-2-8-4-9/h5H,1-3,10H2. The van der Waals surface area contributed by atoms with Crippen molar-refractivity contribution >= 4 is 38.8 Å². The van der Waals surface area contributed by atoms with Crippen LogP contribution in [-0.4, -0.2) is 26.6 Å². The molecule has 0 aromatic rings. The van der Waals surface area contributed by atoms with Gasteiger partial charge in [0.2, 0.25) is 6.08 Å². The molecule has 0 spiro atoms. The van der Waals surface area contributed by atoms with E-state index >= 15 is 0 Å². The van der Waals surface area contributed by atoms with Crippen molar-refractivity contribution in [1.82, 2.24) is 0 Å². The van der Waals surface area contributed by atoms with Crippen LogP contribution in [0.15, 0.2) is 4.99 Å². The Morgan fingerprint density at radius 1 is 1.60 bits per heavy atom. The quantitative estimate of drug-likeness (QED) is 0.213. The zero-order valence-electron chi connectivity index (χ0n) is 5.52. The fraction of sp³-hybridized carbons (Fsp3) is 0.800. The monoisotopic (exact) mass is 197 g/mol. The number of rotatable bonds is 5. The molecule has 0 saturated heterocycles. The van der Waals surface area contributed by atoms with Gasteiger partial charge in [-0.2, -0.15) is 0 Å². The minimum atomic E-state index is -0.341. The van der Waals surface area contributed by atoms with Crippen LogP contribution in [0.3, 0.4) is 0 Å². The Labute approximate surface area is 72.4 Å². The molecule has 0 aromatic carbocycles. The van der Waals surface area contributed by atoms with Gasteiger partial charge in [0.1, 0.15) is 0 Å². The van der Waals surface area contributed by atoms with E-state index in [1.54, 1.807) is 0 Å². The van der Waals surface area contributed by atoms with Crippen LogP contribution >= 0.6 is 23.2 Å². The van der Waals surface area contributed by atoms with Crippen LogP contribution in [0.5, 0.6) is 0 Å². The number of aliphatic imine (C=N–C) groups is 1. The molecule has 0 N–H and O–H groups in total. The summed E-state index contributed by atoms with van der Waals surface area (Å²) >= 11 is 11.0. The third-order valence-corrected chi connectivity index (χ3v) is 3.66. The van der Waals surface area contributed by atoms with E-state index in [0.29, 0.717) is 6.54 Å². The molecule has 10 heavy (non-hydrogen) atoms. The molecule has 0 rings (SSSR count). The van der Waals surface area contributed by atoms with E-state index in [-0.39, 0.29) is 14.0 Å². The van der Waals surface area contributed by atoms with Gasteiger partial charge in [0.15, 0.2) is 0 Å². The van der Waals surface area contributed by atoms with Crippen LogP contribution in [0.2, 0.25) is 6.04 Å². The summed E-state index contributed by atoms with van der Waals surface area (Å²) in [5.74, 6) is 0. The molecular formula is C5H9Cl2NOSi. The molecule has 0 atom stereocenters. The second kappa shape index (κ2) is 7.29. The maximum Gasteiger partial charge on any atom is 0.234 e. The first-order valence-electron chi connectivity index (χ1n) is 3.09. The van der Waals surface area contributed by atoms with Crippen molar-refractivity contribution in [3.63, 3.8) is 0 Å². The molecule has 2 nitrogen and oxygen atoms in total. The van der Waals surface area contributed by atoms with Crippen LogP contribution in [0.4, 0.5) is 0 Å². The first kappa shape index (κ1) is 10.2. The fourth-order valence-electron chi connectivity index (χ4n) is 0.535. The van der Waals surface area contributed by atoms with Gasteiger partial charge in [-0.3, -0.25) is 0 Å². The summed E-state index contributed by atoms with van der Waals surface area (Å²) in [6, 6.07) is 1.04. The predicted molar refractivity (Wildman–Crippen MR) is 46.5 cm³/mol. The van der Waals surface area contributed by atoms with E-state index in [0.717, 1.165) is 12.5 Å². The van der Waals surface area contributed by atoms with Crippen molar-refractivity contribution in [2.24, 2.45) is 4.99 Å². The number of alkyl halides is 2. The maximum absolute atomic E-state index is 9.57. The van der Waals surface area contributed by atoms with Crippen molar-refractivity contribution in [1.29, 1.82) is 0 Å². The van der Waals surface area contributed by atoms with E-state index in [9.17, 15) is 4.79 Å².